The summed E-state index contributed by atoms with van der Waals surface area (Å²) in [5, 5.41) is 3.59. The summed E-state index contributed by atoms with van der Waals surface area (Å²) in [5.41, 5.74) is 2.57. The standard InChI is InChI=1S/C17H17Br2NO/c1-21-17-6-5-14(10-16(17)19)20-15-8-12(9-15)11-3-2-4-13(18)7-11/h2-7,10,12,15,20H,8-9H2,1H3. The minimum Gasteiger partial charge on any atom is -0.496 e. The van der Waals surface area contributed by atoms with E-state index in [1.165, 1.54) is 18.4 Å². The van der Waals surface area contributed by atoms with E-state index >= 15 is 0 Å². The Kier molecular flexibility index (Phi) is 4.55. The van der Waals surface area contributed by atoms with Gasteiger partial charge >= 0.3 is 0 Å². The van der Waals surface area contributed by atoms with E-state index in [9.17, 15) is 0 Å². The number of nitrogens with one attached hydrogen (secondary N) is 1. The molecule has 1 saturated carbocycles. The fourth-order valence-electron chi connectivity index (χ4n) is 2.76. The molecule has 0 amide bonds. The second-order valence-corrected chi connectivity index (χ2v) is 7.18. The molecule has 3 rings (SSSR count). The first-order chi connectivity index (χ1) is 10.2. The summed E-state index contributed by atoms with van der Waals surface area (Å²) >= 11 is 7.06. The lowest BCUT2D eigenvalue weighted by molar-refractivity contribution is 0.374. The summed E-state index contributed by atoms with van der Waals surface area (Å²) in [5.74, 6) is 1.53. The van der Waals surface area contributed by atoms with Gasteiger partial charge in [0, 0.05) is 16.2 Å². The van der Waals surface area contributed by atoms with Gasteiger partial charge in [-0.1, -0.05) is 28.1 Å². The molecule has 2 aromatic rings. The second-order valence-electron chi connectivity index (χ2n) is 5.41. The predicted octanol–water partition coefficient (Wildman–Crippen LogP) is 5.58. The molecule has 0 saturated heterocycles. The SMILES string of the molecule is COc1ccc(NC2CC(c3cccc(Br)c3)C2)cc1Br. The molecule has 1 aliphatic carbocycles. The van der Waals surface area contributed by atoms with E-state index in [1.54, 1.807) is 7.11 Å². The lowest BCUT2D eigenvalue weighted by Crippen LogP contribution is -2.33. The highest BCUT2D eigenvalue weighted by atomic mass is 79.9. The molecule has 1 aliphatic rings. The fourth-order valence-corrected chi connectivity index (χ4v) is 3.72. The summed E-state index contributed by atoms with van der Waals surface area (Å²) in [4.78, 5) is 0. The van der Waals surface area contributed by atoms with Crippen LogP contribution < -0.4 is 10.1 Å². The molecule has 0 aliphatic heterocycles. The first-order valence-corrected chi connectivity index (χ1v) is 8.60. The molecule has 0 spiro atoms. The Bertz CT molecular complexity index is 638. The van der Waals surface area contributed by atoms with Crippen LogP contribution in [0.4, 0.5) is 5.69 Å². The second kappa shape index (κ2) is 6.41. The molecule has 2 aromatic carbocycles. The number of ether oxygens (including phenoxy) is 1. The van der Waals surface area contributed by atoms with Crippen LogP contribution in [0.3, 0.4) is 0 Å². The molecule has 21 heavy (non-hydrogen) atoms. The molecule has 0 heterocycles. The van der Waals surface area contributed by atoms with Gasteiger partial charge in [-0.25, -0.2) is 0 Å². The van der Waals surface area contributed by atoms with Gasteiger partial charge in [0.15, 0.2) is 0 Å². The maximum absolute atomic E-state index is 5.25. The summed E-state index contributed by atoms with van der Waals surface area (Å²) in [7, 11) is 1.68. The van der Waals surface area contributed by atoms with Crippen molar-refractivity contribution in [2.45, 2.75) is 24.8 Å². The van der Waals surface area contributed by atoms with Crippen LogP contribution in [0, 0.1) is 0 Å². The van der Waals surface area contributed by atoms with Crippen LogP contribution in [0.5, 0.6) is 5.75 Å². The summed E-state index contributed by atoms with van der Waals surface area (Å²) < 4.78 is 7.40. The van der Waals surface area contributed by atoms with Crippen molar-refractivity contribution in [2.24, 2.45) is 0 Å². The first-order valence-electron chi connectivity index (χ1n) is 7.01. The van der Waals surface area contributed by atoms with Gasteiger partial charge in [-0.2, -0.15) is 0 Å². The zero-order chi connectivity index (χ0) is 14.8. The van der Waals surface area contributed by atoms with E-state index in [1.807, 2.05) is 6.07 Å². The van der Waals surface area contributed by atoms with Gasteiger partial charge in [0.2, 0.25) is 0 Å². The van der Waals surface area contributed by atoms with Gasteiger partial charge in [0.1, 0.15) is 5.75 Å². The van der Waals surface area contributed by atoms with Crippen molar-refractivity contribution in [2.75, 3.05) is 12.4 Å². The molecule has 1 fully saturated rings. The third kappa shape index (κ3) is 3.43. The van der Waals surface area contributed by atoms with E-state index in [4.69, 9.17) is 4.74 Å². The average molecular weight is 411 g/mol. The van der Waals surface area contributed by atoms with Crippen molar-refractivity contribution in [1.82, 2.24) is 0 Å². The van der Waals surface area contributed by atoms with Gasteiger partial charge in [0.05, 0.1) is 11.6 Å². The molecule has 2 nitrogen and oxygen atoms in total. The third-order valence-electron chi connectivity index (χ3n) is 3.98. The number of rotatable bonds is 4. The zero-order valence-corrected chi connectivity index (χ0v) is 14.9. The molecule has 0 unspecified atom stereocenters. The molecule has 1 N–H and O–H groups in total. The Balaban J connectivity index is 1.58. The minimum atomic E-state index is 0.550. The van der Waals surface area contributed by atoms with Crippen LogP contribution in [0.15, 0.2) is 51.4 Å². The highest BCUT2D eigenvalue weighted by Crippen LogP contribution is 2.39. The van der Waals surface area contributed by atoms with Gasteiger partial charge in [-0.05, 0) is 70.6 Å². The van der Waals surface area contributed by atoms with Crippen LogP contribution >= 0.6 is 31.9 Å². The van der Waals surface area contributed by atoms with Crippen LogP contribution in [0.25, 0.3) is 0 Å². The van der Waals surface area contributed by atoms with Crippen LogP contribution in [0.2, 0.25) is 0 Å². The number of methoxy groups -OCH3 is 1. The van der Waals surface area contributed by atoms with Crippen LogP contribution in [0.1, 0.15) is 24.3 Å². The van der Waals surface area contributed by atoms with E-state index in [-0.39, 0.29) is 0 Å². The number of halogens is 2. The van der Waals surface area contributed by atoms with Crippen molar-refractivity contribution in [1.29, 1.82) is 0 Å². The number of benzene rings is 2. The predicted molar refractivity (Wildman–Crippen MR) is 94.2 cm³/mol. The van der Waals surface area contributed by atoms with E-state index in [0.717, 1.165) is 20.4 Å². The maximum atomic E-state index is 5.25. The van der Waals surface area contributed by atoms with Crippen LogP contribution in [-0.4, -0.2) is 13.2 Å². The number of anilines is 1. The van der Waals surface area contributed by atoms with Crippen molar-refractivity contribution in [3.05, 3.63) is 57.0 Å². The van der Waals surface area contributed by atoms with E-state index in [0.29, 0.717) is 12.0 Å². The van der Waals surface area contributed by atoms with Crippen LogP contribution in [-0.2, 0) is 0 Å². The van der Waals surface area contributed by atoms with E-state index < -0.39 is 0 Å². The maximum Gasteiger partial charge on any atom is 0.133 e. The topological polar surface area (TPSA) is 21.3 Å². The lowest BCUT2D eigenvalue weighted by Gasteiger charge is -2.37. The Morgan fingerprint density at radius 3 is 2.57 bits per heavy atom. The molecule has 0 aromatic heterocycles. The van der Waals surface area contributed by atoms with Crippen molar-refractivity contribution >= 4 is 37.5 Å². The highest BCUT2D eigenvalue weighted by molar-refractivity contribution is 9.10. The van der Waals surface area contributed by atoms with Gasteiger partial charge in [0.25, 0.3) is 0 Å². The van der Waals surface area contributed by atoms with Crippen molar-refractivity contribution in [3.8, 4) is 5.75 Å². The largest absolute Gasteiger partial charge is 0.496 e. The summed E-state index contributed by atoms with van der Waals surface area (Å²) in [6, 6.07) is 15.3. The van der Waals surface area contributed by atoms with Gasteiger partial charge in [-0.15, -0.1) is 0 Å². The van der Waals surface area contributed by atoms with Crippen molar-refractivity contribution < 1.29 is 4.74 Å². The summed E-state index contributed by atoms with van der Waals surface area (Å²) in [6.45, 7) is 0. The highest BCUT2D eigenvalue weighted by Gasteiger charge is 2.30. The number of hydrogen-bond donors (Lipinski definition) is 1. The Morgan fingerprint density at radius 1 is 1.10 bits per heavy atom. The molecule has 0 bridgehead atoms. The molecule has 110 valence electrons. The Hall–Kier alpha value is -1.000. The molecule has 0 atom stereocenters. The summed E-state index contributed by atoms with van der Waals surface area (Å²) in [6.07, 6.45) is 2.36. The first kappa shape index (κ1) is 14.9. The van der Waals surface area contributed by atoms with E-state index in [2.05, 4.69) is 73.6 Å². The normalized spacial score (nSPS) is 20.7. The Morgan fingerprint density at radius 2 is 1.90 bits per heavy atom. The molecular formula is C17H17Br2NO. The minimum absolute atomic E-state index is 0.550. The monoisotopic (exact) mass is 409 g/mol. The lowest BCUT2D eigenvalue weighted by atomic mass is 9.76. The number of hydrogen-bond acceptors (Lipinski definition) is 2. The van der Waals surface area contributed by atoms with Gasteiger partial charge < -0.3 is 10.1 Å². The Labute approximate surface area is 142 Å². The smallest absolute Gasteiger partial charge is 0.133 e. The van der Waals surface area contributed by atoms with Gasteiger partial charge in [-0.3, -0.25) is 0 Å². The zero-order valence-electron chi connectivity index (χ0n) is 11.8. The average Bonchev–Trinajstić information content (AvgIpc) is 2.42. The van der Waals surface area contributed by atoms with Crippen molar-refractivity contribution in [3.63, 3.8) is 0 Å². The third-order valence-corrected chi connectivity index (χ3v) is 5.09. The molecule has 0 radical (unpaired) electrons. The molecule has 4 heteroatoms. The molecular weight excluding hydrogens is 394 g/mol. The fraction of sp³-hybridized carbons (Fsp3) is 0.294. The quantitative estimate of drug-likeness (QED) is 0.710.